The molecule has 0 aliphatic heterocycles. The van der Waals surface area contributed by atoms with E-state index in [1.807, 2.05) is 21.1 Å². The van der Waals surface area contributed by atoms with Crippen LogP contribution in [0.3, 0.4) is 0 Å². The topological polar surface area (TPSA) is 108 Å². The van der Waals surface area contributed by atoms with Crippen LogP contribution >= 0.6 is 0 Å². The van der Waals surface area contributed by atoms with Crippen molar-refractivity contribution < 1.29 is 42.9 Å². The molecular formula is C83H152NO8+. The quantitative estimate of drug-likeness (QED) is 0.0211. The lowest BCUT2D eigenvalue weighted by Gasteiger charge is -2.25. The van der Waals surface area contributed by atoms with Gasteiger partial charge in [-0.1, -0.05) is 376 Å². The van der Waals surface area contributed by atoms with Crippen LogP contribution in [0, 0.1) is 0 Å². The number of allylic oxidation sites excluding steroid dienone is 12. The lowest BCUT2D eigenvalue weighted by atomic mass is 10.0. The second-order valence-corrected chi connectivity index (χ2v) is 28.0. The van der Waals surface area contributed by atoms with Gasteiger partial charge in [-0.15, -0.1) is 0 Å². The number of carboxylic acids is 1. The van der Waals surface area contributed by atoms with Gasteiger partial charge in [-0.05, 0) is 64.2 Å². The molecule has 0 aromatic rings. The number of likely N-dealkylation sites (N-methyl/N-ethyl adjacent to an activating group) is 1. The fourth-order valence-electron chi connectivity index (χ4n) is 11.7. The Hall–Kier alpha value is -3.27. The van der Waals surface area contributed by atoms with Crippen molar-refractivity contribution in [3.8, 4) is 0 Å². The number of carboxylic acid groups (broad SMARTS) is 1. The van der Waals surface area contributed by atoms with E-state index < -0.39 is 24.3 Å². The molecule has 0 spiro atoms. The predicted molar refractivity (Wildman–Crippen MR) is 396 cm³/mol. The number of unbranched alkanes of at least 4 members (excludes halogenated alkanes) is 47. The van der Waals surface area contributed by atoms with Crippen LogP contribution in [0.5, 0.6) is 0 Å². The van der Waals surface area contributed by atoms with E-state index in [1.165, 1.54) is 270 Å². The van der Waals surface area contributed by atoms with Crippen molar-refractivity contribution in [1.82, 2.24) is 0 Å². The second kappa shape index (κ2) is 73.5. The average Bonchev–Trinajstić information content (AvgIpc) is 3.70. The zero-order chi connectivity index (χ0) is 66.8. The summed E-state index contributed by atoms with van der Waals surface area (Å²) in [5.74, 6) is -1.99. The molecule has 0 amide bonds. The van der Waals surface area contributed by atoms with E-state index in [2.05, 4.69) is 86.8 Å². The third-order valence-corrected chi connectivity index (χ3v) is 17.7. The predicted octanol–water partition coefficient (Wildman–Crippen LogP) is 25.2. The summed E-state index contributed by atoms with van der Waals surface area (Å²) in [6, 6.07) is 0. The van der Waals surface area contributed by atoms with Gasteiger partial charge in [-0.2, -0.15) is 0 Å². The van der Waals surface area contributed by atoms with Crippen molar-refractivity contribution in [2.24, 2.45) is 0 Å². The summed E-state index contributed by atoms with van der Waals surface area (Å²) in [7, 11) is 5.99. The molecule has 9 heteroatoms. The van der Waals surface area contributed by atoms with Gasteiger partial charge in [0.25, 0.3) is 6.29 Å². The first-order chi connectivity index (χ1) is 45.1. The summed E-state index contributed by atoms with van der Waals surface area (Å²) < 4.78 is 23.0. The van der Waals surface area contributed by atoms with Crippen LogP contribution in [-0.4, -0.2) is 87.4 Å². The third kappa shape index (κ3) is 74.1. The third-order valence-electron chi connectivity index (χ3n) is 17.7. The zero-order valence-corrected chi connectivity index (χ0v) is 61.5. The van der Waals surface area contributed by atoms with E-state index in [1.54, 1.807) is 0 Å². The summed E-state index contributed by atoms with van der Waals surface area (Å²) in [5, 5.41) is 9.77. The number of rotatable bonds is 74. The molecule has 0 aliphatic carbocycles. The molecular weight excluding hydrogens is 1140 g/mol. The second-order valence-electron chi connectivity index (χ2n) is 28.0. The molecule has 0 saturated carbocycles. The molecule has 0 aliphatic rings. The highest BCUT2D eigenvalue weighted by atomic mass is 16.7. The van der Waals surface area contributed by atoms with E-state index in [-0.39, 0.29) is 32.2 Å². The Kier molecular flexibility index (Phi) is 70.9. The molecule has 0 bridgehead atoms. The standard InChI is InChI=1S/C83H151NO8/c1-6-8-10-12-14-16-18-20-22-24-26-28-30-32-34-36-38-39-40-41-42-44-45-47-49-51-53-55-57-59-61-63-65-67-69-71-73-80(85)90-77-79(78-91-83(82(87)88)89-76-75-84(3,4)5)92-81(86)74-72-70-68-66-64-62-60-58-56-54-52-50-48-46-43-37-35-33-31-29-27-25-23-21-19-17-15-13-11-9-7-2/h9,11,15,17,21,23,27,29,33,35,43,46,79,83H,6-8,10,12-14,16,18-20,22,24-26,28,30-32,34,36-42,44-45,47-78H2,1-5H3/p+1/b11-9-,17-15-,23-21-,29-27-,35-33-,46-43-. The molecule has 0 saturated heterocycles. The number of ether oxygens (including phenoxy) is 4. The molecule has 0 rings (SSSR count). The summed E-state index contributed by atoms with van der Waals surface area (Å²) in [5.41, 5.74) is 0. The first kappa shape index (κ1) is 88.7. The maximum absolute atomic E-state index is 13.0. The van der Waals surface area contributed by atoms with Crippen LogP contribution in [0.15, 0.2) is 72.9 Å². The van der Waals surface area contributed by atoms with Crippen molar-refractivity contribution >= 4 is 17.9 Å². The molecule has 0 heterocycles. The number of hydrogen-bond acceptors (Lipinski definition) is 7. The SMILES string of the molecule is CC/C=C\C/C=C\C/C=C\C/C=C\C/C=C\C/C=C\CCCCCCCCCCCCCCC(=O)OC(COC(=O)CCCCCCCCCCCCCCCCCCCCCCCCCCCCCCCCCCCCCC)COC(OCC[N+](C)(C)C)C(=O)O. The lowest BCUT2D eigenvalue weighted by Crippen LogP contribution is -2.40. The van der Waals surface area contributed by atoms with Gasteiger partial charge in [0, 0.05) is 12.8 Å². The molecule has 0 radical (unpaired) electrons. The Bertz CT molecular complexity index is 1740. The van der Waals surface area contributed by atoms with Crippen LogP contribution < -0.4 is 0 Å². The van der Waals surface area contributed by atoms with Crippen molar-refractivity contribution in [1.29, 1.82) is 0 Å². The highest BCUT2D eigenvalue weighted by Crippen LogP contribution is 2.20. The largest absolute Gasteiger partial charge is 0.477 e. The van der Waals surface area contributed by atoms with Crippen LogP contribution in [-0.2, 0) is 33.3 Å². The molecule has 2 atom stereocenters. The van der Waals surface area contributed by atoms with E-state index in [0.29, 0.717) is 17.4 Å². The number of hydrogen-bond donors (Lipinski definition) is 1. The molecule has 0 fully saturated rings. The number of aliphatic carboxylic acids is 1. The Balaban J connectivity index is 4.00. The van der Waals surface area contributed by atoms with Crippen LogP contribution in [0.25, 0.3) is 0 Å². The number of quaternary nitrogens is 1. The van der Waals surface area contributed by atoms with Crippen LogP contribution in [0.4, 0.5) is 0 Å². The van der Waals surface area contributed by atoms with Gasteiger partial charge in [-0.3, -0.25) is 9.59 Å². The summed E-state index contributed by atoms with van der Waals surface area (Å²) in [6.07, 6.45) is 96.3. The van der Waals surface area contributed by atoms with Crippen LogP contribution in [0.2, 0.25) is 0 Å². The van der Waals surface area contributed by atoms with E-state index in [9.17, 15) is 19.5 Å². The van der Waals surface area contributed by atoms with E-state index in [4.69, 9.17) is 18.9 Å². The smallest absolute Gasteiger partial charge is 0.361 e. The van der Waals surface area contributed by atoms with E-state index >= 15 is 0 Å². The van der Waals surface area contributed by atoms with Gasteiger partial charge in [0.15, 0.2) is 6.10 Å². The maximum Gasteiger partial charge on any atom is 0.361 e. The fourth-order valence-corrected chi connectivity index (χ4v) is 11.7. The number of carbonyl (C=O) groups excluding carboxylic acids is 2. The van der Waals surface area contributed by atoms with Crippen molar-refractivity contribution in [2.45, 2.75) is 392 Å². The molecule has 92 heavy (non-hydrogen) atoms. The molecule has 0 aromatic carbocycles. The maximum atomic E-state index is 13.0. The minimum Gasteiger partial charge on any atom is -0.477 e. The molecule has 2 unspecified atom stereocenters. The lowest BCUT2D eigenvalue weighted by molar-refractivity contribution is -0.870. The first-order valence-electron chi connectivity index (χ1n) is 39.6. The highest BCUT2D eigenvalue weighted by molar-refractivity contribution is 5.71. The van der Waals surface area contributed by atoms with E-state index in [0.717, 1.165) is 83.5 Å². The first-order valence-corrected chi connectivity index (χ1v) is 39.6. The molecule has 0 aromatic heterocycles. The van der Waals surface area contributed by atoms with Gasteiger partial charge in [-0.25, -0.2) is 4.79 Å². The molecule has 9 nitrogen and oxygen atoms in total. The van der Waals surface area contributed by atoms with Crippen LogP contribution in [0.1, 0.15) is 380 Å². The summed E-state index contributed by atoms with van der Waals surface area (Å²) in [6.45, 7) is 4.82. The van der Waals surface area contributed by atoms with Crippen molar-refractivity contribution in [3.63, 3.8) is 0 Å². The zero-order valence-electron chi connectivity index (χ0n) is 61.5. The van der Waals surface area contributed by atoms with Crippen molar-refractivity contribution in [3.05, 3.63) is 72.9 Å². The van der Waals surface area contributed by atoms with Gasteiger partial charge >= 0.3 is 17.9 Å². The average molecular weight is 1290 g/mol. The van der Waals surface area contributed by atoms with Gasteiger partial charge < -0.3 is 28.5 Å². The Labute approximate surface area is 570 Å². The summed E-state index contributed by atoms with van der Waals surface area (Å²) in [4.78, 5) is 37.7. The van der Waals surface area contributed by atoms with Gasteiger partial charge in [0.2, 0.25) is 0 Å². The summed E-state index contributed by atoms with van der Waals surface area (Å²) >= 11 is 0. The Morgan fingerprint density at radius 1 is 0.337 bits per heavy atom. The van der Waals surface area contributed by atoms with Crippen molar-refractivity contribution in [2.75, 3.05) is 47.5 Å². The fraction of sp³-hybridized carbons (Fsp3) is 0.819. The number of carbonyl (C=O) groups is 3. The number of nitrogens with zero attached hydrogens (tertiary/aromatic N) is 1. The van der Waals surface area contributed by atoms with Gasteiger partial charge in [0.1, 0.15) is 13.2 Å². The molecule has 1 N–H and O–H groups in total. The van der Waals surface area contributed by atoms with Gasteiger partial charge in [0.05, 0.1) is 34.4 Å². The Morgan fingerprint density at radius 3 is 0.924 bits per heavy atom. The highest BCUT2D eigenvalue weighted by Gasteiger charge is 2.25. The normalized spacial score (nSPS) is 13.0. The minimum atomic E-state index is -1.51. The monoisotopic (exact) mass is 1290 g/mol. The molecule has 536 valence electrons. The number of esters is 2. The Morgan fingerprint density at radius 2 is 0.620 bits per heavy atom. The minimum absolute atomic E-state index is 0.181.